The number of carbonyl (C=O) groups is 1. The maximum absolute atomic E-state index is 11.6. The predicted molar refractivity (Wildman–Crippen MR) is 68.2 cm³/mol. The first kappa shape index (κ1) is 13.1. The van der Waals surface area contributed by atoms with Gasteiger partial charge in [-0.05, 0) is 25.1 Å². The highest BCUT2D eigenvalue weighted by molar-refractivity contribution is 6.35. The van der Waals surface area contributed by atoms with Crippen molar-refractivity contribution in [2.75, 3.05) is 19.4 Å². The van der Waals surface area contributed by atoms with E-state index in [4.69, 9.17) is 23.2 Å². The van der Waals surface area contributed by atoms with E-state index in [9.17, 15) is 4.79 Å². The second-order valence-electron chi connectivity index (χ2n) is 3.72. The van der Waals surface area contributed by atoms with E-state index in [0.717, 1.165) is 0 Å². The molecule has 0 aliphatic carbocycles. The van der Waals surface area contributed by atoms with Crippen molar-refractivity contribution in [1.29, 1.82) is 0 Å². The molecular formula is C11H14Cl2N2O. The molecule has 5 heteroatoms. The van der Waals surface area contributed by atoms with Crippen molar-refractivity contribution < 1.29 is 4.79 Å². The molecule has 0 aromatic heterocycles. The fourth-order valence-corrected chi connectivity index (χ4v) is 1.63. The molecule has 0 aliphatic heterocycles. The SMILES string of the molecule is CC(Nc1cc(Cl)ccc1Cl)C(=O)N(C)C. The van der Waals surface area contributed by atoms with Crippen LogP contribution >= 0.6 is 23.2 Å². The zero-order valence-electron chi connectivity index (χ0n) is 9.42. The number of carbonyl (C=O) groups excluding carboxylic acids is 1. The van der Waals surface area contributed by atoms with Gasteiger partial charge in [0, 0.05) is 19.1 Å². The lowest BCUT2D eigenvalue weighted by Crippen LogP contribution is -2.36. The molecule has 1 aromatic carbocycles. The van der Waals surface area contributed by atoms with E-state index >= 15 is 0 Å². The van der Waals surface area contributed by atoms with Crippen LogP contribution in [0.5, 0.6) is 0 Å². The number of rotatable bonds is 3. The topological polar surface area (TPSA) is 32.3 Å². The first-order chi connectivity index (χ1) is 7.41. The molecular weight excluding hydrogens is 247 g/mol. The van der Waals surface area contributed by atoms with Crippen molar-refractivity contribution in [3.05, 3.63) is 28.2 Å². The van der Waals surface area contributed by atoms with E-state index in [2.05, 4.69) is 5.32 Å². The van der Waals surface area contributed by atoms with E-state index in [1.165, 1.54) is 4.90 Å². The second kappa shape index (κ2) is 5.41. The standard InChI is InChI=1S/C11H14Cl2N2O/c1-7(11(16)15(2)3)14-10-6-8(12)4-5-9(10)13/h4-7,14H,1-3H3. The molecule has 1 unspecified atom stereocenters. The van der Waals surface area contributed by atoms with Gasteiger partial charge in [-0.15, -0.1) is 0 Å². The fourth-order valence-electron chi connectivity index (χ4n) is 1.29. The molecule has 0 heterocycles. The van der Waals surface area contributed by atoms with Gasteiger partial charge in [-0.25, -0.2) is 0 Å². The Bertz CT molecular complexity index is 394. The summed E-state index contributed by atoms with van der Waals surface area (Å²) in [5.41, 5.74) is 0.664. The van der Waals surface area contributed by atoms with Gasteiger partial charge in [0.05, 0.1) is 10.7 Å². The van der Waals surface area contributed by atoms with Crippen LogP contribution in [0.25, 0.3) is 0 Å². The minimum Gasteiger partial charge on any atom is -0.373 e. The monoisotopic (exact) mass is 260 g/mol. The third kappa shape index (κ3) is 3.29. The molecule has 0 bridgehead atoms. The Morgan fingerprint density at radius 2 is 2.00 bits per heavy atom. The van der Waals surface area contributed by atoms with Gasteiger partial charge >= 0.3 is 0 Å². The Morgan fingerprint density at radius 1 is 1.38 bits per heavy atom. The third-order valence-electron chi connectivity index (χ3n) is 2.11. The Hall–Kier alpha value is -0.930. The van der Waals surface area contributed by atoms with Crippen LogP contribution in [-0.4, -0.2) is 30.9 Å². The van der Waals surface area contributed by atoms with E-state index in [1.807, 2.05) is 0 Å². The van der Waals surface area contributed by atoms with Crippen molar-refractivity contribution in [2.45, 2.75) is 13.0 Å². The third-order valence-corrected chi connectivity index (χ3v) is 2.68. The van der Waals surface area contributed by atoms with Crippen LogP contribution < -0.4 is 5.32 Å². The van der Waals surface area contributed by atoms with E-state index < -0.39 is 0 Å². The van der Waals surface area contributed by atoms with E-state index in [-0.39, 0.29) is 11.9 Å². The Kier molecular flexibility index (Phi) is 4.44. The highest BCUT2D eigenvalue weighted by atomic mass is 35.5. The second-order valence-corrected chi connectivity index (χ2v) is 4.57. The van der Waals surface area contributed by atoms with Crippen LogP contribution in [0.2, 0.25) is 10.0 Å². The van der Waals surface area contributed by atoms with E-state index in [1.54, 1.807) is 39.2 Å². The van der Waals surface area contributed by atoms with Crippen LogP contribution in [0.1, 0.15) is 6.92 Å². The first-order valence-corrected chi connectivity index (χ1v) is 5.60. The molecule has 16 heavy (non-hydrogen) atoms. The Morgan fingerprint density at radius 3 is 2.56 bits per heavy atom. The lowest BCUT2D eigenvalue weighted by molar-refractivity contribution is -0.129. The van der Waals surface area contributed by atoms with Gasteiger partial charge in [-0.1, -0.05) is 23.2 Å². The number of halogens is 2. The zero-order chi connectivity index (χ0) is 12.3. The largest absolute Gasteiger partial charge is 0.373 e. The van der Waals surface area contributed by atoms with Gasteiger partial charge in [0.15, 0.2) is 0 Å². The molecule has 88 valence electrons. The fraction of sp³-hybridized carbons (Fsp3) is 0.364. The molecule has 1 aromatic rings. The number of benzene rings is 1. The highest BCUT2D eigenvalue weighted by Gasteiger charge is 2.15. The number of nitrogens with zero attached hydrogens (tertiary/aromatic N) is 1. The molecule has 1 amide bonds. The van der Waals surface area contributed by atoms with Crippen LogP contribution in [0, 0.1) is 0 Å². The Balaban J connectivity index is 2.80. The summed E-state index contributed by atoms with van der Waals surface area (Å²) < 4.78 is 0. The van der Waals surface area contributed by atoms with Gasteiger partial charge in [0.25, 0.3) is 0 Å². The number of nitrogens with one attached hydrogen (secondary N) is 1. The van der Waals surface area contributed by atoms with Crippen LogP contribution in [0.3, 0.4) is 0 Å². The molecule has 1 N–H and O–H groups in total. The number of hydrogen-bond donors (Lipinski definition) is 1. The molecule has 0 fully saturated rings. The van der Waals surface area contributed by atoms with Gasteiger partial charge < -0.3 is 10.2 Å². The summed E-state index contributed by atoms with van der Waals surface area (Å²) in [5.74, 6) is -0.0176. The van der Waals surface area contributed by atoms with Crippen LogP contribution in [0.4, 0.5) is 5.69 Å². The molecule has 1 rings (SSSR count). The average Bonchev–Trinajstić information content (AvgIpc) is 2.22. The minimum atomic E-state index is -0.342. The van der Waals surface area contributed by atoms with Crippen molar-refractivity contribution in [2.24, 2.45) is 0 Å². The van der Waals surface area contributed by atoms with Crippen molar-refractivity contribution in [3.63, 3.8) is 0 Å². The molecule has 0 radical (unpaired) electrons. The number of likely N-dealkylation sites (N-methyl/N-ethyl adjacent to an activating group) is 1. The maximum Gasteiger partial charge on any atom is 0.244 e. The van der Waals surface area contributed by atoms with E-state index in [0.29, 0.717) is 15.7 Å². The molecule has 0 saturated heterocycles. The molecule has 0 saturated carbocycles. The summed E-state index contributed by atoms with van der Waals surface area (Å²) in [6.45, 7) is 1.78. The van der Waals surface area contributed by atoms with Crippen LogP contribution in [0.15, 0.2) is 18.2 Å². The Labute approximate surface area is 105 Å². The van der Waals surface area contributed by atoms with Gasteiger partial charge in [-0.2, -0.15) is 0 Å². The lowest BCUT2D eigenvalue weighted by Gasteiger charge is -2.19. The summed E-state index contributed by atoms with van der Waals surface area (Å²) in [4.78, 5) is 13.2. The number of hydrogen-bond acceptors (Lipinski definition) is 2. The highest BCUT2D eigenvalue weighted by Crippen LogP contribution is 2.26. The number of amides is 1. The van der Waals surface area contributed by atoms with Gasteiger partial charge in [0.2, 0.25) is 5.91 Å². The van der Waals surface area contributed by atoms with Crippen molar-refractivity contribution in [3.8, 4) is 0 Å². The lowest BCUT2D eigenvalue weighted by atomic mass is 10.2. The predicted octanol–water partition coefficient (Wildman–Crippen LogP) is 2.88. The average molecular weight is 261 g/mol. The summed E-state index contributed by atoms with van der Waals surface area (Å²) in [5, 5.41) is 4.15. The molecule has 0 spiro atoms. The quantitative estimate of drug-likeness (QED) is 0.907. The van der Waals surface area contributed by atoms with Crippen molar-refractivity contribution >= 4 is 34.8 Å². The van der Waals surface area contributed by atoms with Gasteiger partial charge in [0.1, 0.15) is 6.04 Å². The maximum atomic E-state index is 11.6. The summed E-state index contributed by atoms with van der Waals surface area (Å²) in [7, 11) is 3.42. The number of anilines is 1. The summed E-state index contributed by atoms with van der Waals surface area (Å²) >= 11 is 11.8. The molecule has 0 aliphatic rings. The molecule has 3 nitrogen and oxygen atoms in total. The van der Waals surface area contributed by atoms with Crippen LogP contribution in [-0.2, 0) is 4.79 Å². The zero-order valence-corrected chi connectivity index (χ0v) is 10.9. The first-order valence-electron chi connectivity index (χ1n) is 4.84. The van der Waals surface area contributed by atoms with Crippen molar-refractivity contribution in [1.82, 2.24) is 4.90 Å². The normalized spacial score (nSPS) is 12.1. The molecule has 1 atom stereocenters. The summed E-state index contributed by atoms with van der Waals surface area (Å²) in [6.07, 6.45) is 0. The van der Waals surface area contributed by atoms with Gasteiger partial charge in [-0.3, -0.25) is 4.79 Å². The summed E-state index contributed by atoms with van der Waals surface area (Å²) in [6, 6.07) is 4.75. The minimum absolute atomic E-state index is 0.0176. The smallest absolute Gasteiger partial charge is 0.244 e.